The van der Waals surface area contributed by atoms with Crippen molar-refractivity contribution in [3.8, 4) is 0 Å². The third-order valence-electron chi connectivity index (χ3n) is 7.23. The van der Waals surface area contributed by atoms with Crippen LogP contribution in [0.15, 0.2) is 83.9 Å². The third-order valence-corrected chi connectivity index (χ3v) is 8.35. The zero-order valence-electron chi connectivity index (χ0n) is 21.2. The summed E-state index contributed by atoms with van der Waals surface area (Å²) < 4.78 is 17.6. The maximum absolute atomic E-state index is 14.2. The first-order chi connectivity index (χ1) is 18.6. The number of benzene rings is 3. The maximum atomic E-state index is 14.2. The van der Waals surface area contributed by atoms with Gasteiger partial charge in [0.05, 0.1) is 10.4 Å². The van der Waals surface area contributed by atoms with Crippen LogP contribution in [0.2, 0.25) is 5.02 Å². The Morgan fingerprint density at radius 1 is 1.03 bits per heavy atom. The summed E-state index contributed by atoms with van der Waals surface area (Å²) in [5, 5.41) is 1.53. The van der Waals surface area contributed by atoms with E-state index in [1.54, 1.807) is 18.3 Å². The zero-order chi connectivity index (χ0) is 26.3. The molecule has 4 aromatic rings. The van der Waals surface area contributed by atoms with Crippen molar-refractivity contribution in [2.45, 2.75) is 43.4 Å². The molecule has 0 bridgehead atoms. The number of halogens is 2. The van der Waals surface area contributed by atoms with Gasteiger partial charge in [0.1, 0.15) is 5.82 Å². The van der Waals surface area contributed by atoms with E-state index in [0.717, 1.165) is 66.7 Å². The second kappa shape index (κ2) is 12.6. The second-order valence-electron chi connectivity index (χ2n) is 9.83. The highest BCUT2D eigenvalue weighted by molar-refractivity contribution is 8.00. The third kappa shape index (κ3) is 6.66. The van der Waals surface area contributed by atoms with E-state index in [4.69, 9.17) is 11.6 Å². The number of likely N-dealkylation sites (tertiary alicyclic amines) is 1. The Balaban J connectivity index is 1.15. The molecule has 1 amide bonds. The van der Waals surface area contributed by atoms with E-state index in [-0.39, 0.29) is 11.7 Å². The number of nitrogens with zero attached hydrogens (tertiary/aromatic N) is 2. The molecule has 1 aliphatic rings. The average molecular weight is 548 g/mol. The summed E-state index contributed by atoms with van der Waals surface area (Å²) >= 11 is 7.40. The Kier molecular flexibility index (Phi) is 8.82. The number of aromatic nitrogens is 1. The van der Waals surface area contributed by atoms with Crippen molar-refractivity contribution in [1.29, 1.82) is 0 Å². The fourth-order valence-corrected chi connectivity index (χ4v) is 5.98. The lowest BCUT2D eigenvalue weighted by molar-refractivity contribution is 0.0728. The van der Waals surface area contributed by atoms with Crippen LogP contribution in [0.5, 0.6) is 0 Å². The molecule has 5 rings (SSSR count). The van der Waals surface area contributed by atoms with Crippen molar-refractivity contribution in [1.82, 2.24) is 9.88 Å². The Bertz CT molecular complexity index is 1390. The molecule has 3 aromatic carbocycles. The van der Waals surface area contributed by atoms with Gasteiger partial charge in [-0.15, -0.1) is 0 Å². The molecule has 0 spiro atoms. The highest BCUT2D eigenvalue weighted by Crippen LogP contribution is 2.28. The summed E-state index contributed by atoms with van der Waals surface area (Å²) in [6.45, 7) is 1.51. The molecule has 1 aromatic heterocycles. The number of aryl methyl sites for hydroxylation is 1. The van der Waals surface area contributed by atoms with E-state index >= 15 is 0 Å². The van der Waals surface area contributed by atoms with Gasteiger partial charge in [-0.1, -0.05) is 48.7 Å². The minimum atomic E-state index is -0.231. The lowest BCUT2D eigenvalue weighted by atomic mass is 9.90. The summed E-state index contributed by atoms with van der Waals surface area (Å²) in [5.74, 6) is 0.324. The van der Waals surface area contributed by atoms with E-state index in [1.807, 2.05) is 47.4 Å². The van der Waals surface area contributed by atoms with Crippen molar-refractivity contribution in [2.75, 3.05) is 17.8 Å². The van der Waals surface area contributed by atoms with Gasteiger partial charge in [-0.25, -0.2) is 4.39 Å². The quantitative estimate of drug-likeness (QED) is 0.236. The predicted molar refractivity (Wildman–Crippen MR) is 155 cm³/mol. The average Bonchev–Trinajstić information content (AvgIpc) is 2.92. The molecule has 1 fully saturated rings. The number of rotatable bonds is 7. The molecule has 1 saturated heterocycles. The number of carbonyl (C=O) groups is 1. The number of hydrogen-bond acceptors (Lipinski definition) is 4. The largest absolute Gasteiger partial charge is 0.339 e. The Hall–Kier alpha value is -3.09. The van der Waals surface area contributed by atoms with Crippen molar-refractivity contribution >= 4 is 46.0 Å². The minimum absolute atomic E-state index is 0.0758. The molecule has 4 nitrogen and oxygen atoms in total. The number of carbonyl (C=O) groups excluding carboxylic acids is 1. The molecular formula is C31H31ClFN3OS. The Labute approximate surface area is 232 Å². The summed E-state index contributed by atoms with van der Waals surface area (Å²) in [4.78, 5) is 20.8. The van der Waals surface area contributed by atoms with Crippen LogP contribution in [-0.2, 0) is 6.42 Å². The van der Waals surface area contributed by atoms with Crippen LogP contribution in [0, 0.1) is 11.7 Å². The number of fused-ring (bicyclic) bond motifs is 1. The van der Waals surface area contributed by atoms with E-state index < -0.39 is 0 Å². The topological polar surface area (TPSA) is 45.2 Å². The van der Waals surface area contributed by atoms with Gasteiger partial charge in [0.2, 0.25) is 0 Å². The van der Waals surface area contributed by atoms with E-state index in [0.29, 0.717) is 28.5 Å². The SMILES string of the molecule is O=C(c1ccc(NSc2cccc3cccnc23)cc1)N1CCCCC(CCc2ccc(Cl)cc2F)CC1. The molecule has 38 heavy (non-hydrogen) atoms. The molecule has 7 heteroatoms. The zero-order valence-corrected chi connectivity index (χ0v) is 22.8. The minimum Gasteiger partial charge on any atom is -0.339 e. The van der Waals surface area contributed by atoms with Crippen LogP contribution in [0.3, 0.4) is 0 Å². The number of hydrogen-bond donors (Lipinski definition) is 1. The lowest BCUT2D eigenvalue weighted by Gasteiger charge is -2.29. The van der Waals surface area contributed by atoms with Gasteiger partial charge in [0.25, 0.3) is 5.91 Å². The maximum Gasteiger partial charge on any atom is 0.253 e. The molecule has 2 heterocycles. The van der Waals surface area contributed by atoms with Crippen LogP contribution in [0.25, 0.3) is 10.9 Å². The monoisotopic (exact) mass is 547 g/mol. The normalized spacial score (nSPS) is 16.2. The highest BCUT2D eigenvalue weighted by Gasteiger charge is 2.21. The van der Waals surface area contributed by atoms with Crippen LogP contribution >= 0.6 is 23.5 Å². The van der Waals surface area contributed by atoms with Gasteiger partial charge in [-0.2, -0.15) is 0 Å². The van der Waals surface area contributed by atoms with Crippen LogP contribution in [0.1, 0.15) is 48.0 Å². The van der Waals surface area contributed by atoms with Crippen molar-refractivity contribution < 1.29 is 9.18 Å². The highest BCUT2D eigenvalue weighted by atomic mass is 35.5. The summed E-state index contributed by atoms with van der Waals surface area (Å²) in [6.07, 6.45) is 7.57. The van der Waals surface area contributed by atoms with E-state index in [1.165, 1.54) is 18.0 Å². The summed E-state index contributed by atoms with van der Waals surface area (Å²) in [6, 6.07) is 22.7. The predicted octanol–water partition coefficient (Wildman–Crippen LogP) is 8.41. The first-order valence-corrected chi connectivity index (χ1v) is 14.4. The lowest BCUT2D eigenvalue weighted by Crippen LogP contribution is -2.35. The van der Waals surface area contributed by atoms with Gasteiger partial charge in [0, 0.05) is 40.9 Å². The second-order valence-corrected chi connectivity index (χ2v) is 11.1. The molecule has 1 aliphatic heterocycles. The van der Waals surface area contributed by atoms with Crippen LogP contribution in [-0.4, -0.2) is 28.9 Å². The molecule has 0 saturated carbocycles. The standard InChI is InChI=1S/C31H31ClFN3OS/c32-26-14-11-23(28(33)21-26)10-9-22-5-1-2-19-36(20-17-22)31(37)25-12-15-27(16-13-25)35-38-29-8-3-6-24-7-4-18-34-30(24)29/h3-4,6-8,11-16,18,21-22,35H,1-2,5,9-10,17,19-20H2. The number of amides is 1. The van der Waals surface area contributed by atoms with E-state index in [2.05, 4.69) is 21.8 Å². The molecule has 1 N–H and O–H groups in total. The van der Waals surface area contributed by atoms with Crippen molar-refractivity contribution in [3.05, 3.63) is 101 Å². The van der Waals surface area contributed by atoms with Gasteiger partial charge < -0.3 is 9.62 Å². The molecule has 0 aliphatic carbocycles. The summed E-state index contributed by atoms with van der Waals surface area (Å²) in [5.41, 5.74) is 3.32. The first kappa shape index (κ1) is 26.5. The number of para-hydroxylation sites is 1. The van der Waals surface area contributed by atoms with Crippen LogP contribution in [0.4, 0.5) is 10.1 Å². The molecular weight excluding hydrogens is 517 g/mol. The Morgan fingerprint density at radius 3 is 2.71 bits per heavy atom. The van der Waals surface area contributed by atoms with Crippen molar-refractivity contribution in [3.63, 3.8) is 0 Å². The van der Waals surface area contributed by atoms with Crippen LogP contribution < -0.4 is 4.72 Å². The fraction of sp³-hybridized carbons (Fsp3) is 0.290. The van der Waals surface area contributed by atoms with Gasteiger partial charge in [-0.3, -0.25) is 9.78 Å². The van der Waals surface area contributed by atoms with Gasteiger partial charge in [-0.05, 0) is 97.6 Å². The molecule has 0 radical (unpaired) electrons. The summed E-state index contributed by atoms with van der Waals surface area (Å²) in [7, 11) is 0. The molecule has 1 atom stereocenters. The number of nitrogens with one attached hydrogen (secondary N) is 1. The molecule has 1 unspecified atom stereocenters. The van der Waals surface area contributed by atoms with Gasteiger partial charge in [0.15, 0.2) is 0 Å². The van der Waals surface area contributed by atoms with E-state index in [9.17, 15) is 9.18 Å². The van der Waals surface area contributed by atoms with Crippen molar-refractivity contribution in [2.24, 2.45) is 5.92 Å². The fourth-order valence-electron chi connectivity index (χ4n) is 5.04. The van der Waals surface area contributed by atoms with Gasteiger partial charge >= 0.3 is 0 Å². The Morgan fingerprint density at radius 2 is 1.87 bits per heavy atom. The number of anilines is 1. The smallest absolute Gasteiger partial charge is 0.253 e. The molecule has 196 valence electrons. The number of pyridine rings is 1. The first-order valence-electron chi connectivity index (χ1n) is 13.2.